The lowest BCUT2D eigenvalue weighted by molar-refractivity contribution is 0.0954. The molecule has 3 aromatic carbocycles. The van der Waals surface area contributed by atoms with Crippen LogP contribution < -0.4 is 14.8 Å². The second kappa shape index (κ2) is 9.03. The minimum Gasteiger partial charge on any atom is -0.485 e. The molecule has 4 rings (SSSR count). The maximum Gasteiger partial charge on any atom is 0.251 e. The topological polar surface area (TPSA) is 47.6 Å². The molecule has 1 aliphatic rings. The molecule has 1 amide bonds. The van der Waals surface area contributed by atoms with Gasteiger partial charge in [0.05, 0.1) is 0 Å². The highest BCUT2D eigenvalue weighted by Gasteiger charge is 2.32. The summed E-state index contributed by atoms with van der Waals surface area (Å²) < 4.78 is 12.1. The Morgan fingerprint density at radius 3 is 2.61 bits per heavy atom. The molecule has 1 aliphatic heterocycles. The molecule has 3 aromatic rings. The van der Waals surface area contributed by atoms with Crippen molar-refractivity contribution >= 4 is 17.5 Å². The molecule has 0 unspecified atom stereocenters. The highest BCUT2D eigenvalue weighted by atomic mass is 35.5. The second-order valence-electron chi connectivity index (χ2n) is 8.40. The van der Waals surface area contributed by atoms with Gasteiger partial charge in [0.2, 0.25) is 0 Å². The van der Waals surface area contributed by atoms with Crippen molar-refractivity contribution in [3.63, 3.8) is 0 Å². The number of halogens is 1. The van der Waals surface area contributed by atoms with Crippen molar-refractivity contribution in [2.24, 2.45) is 0 Å². The molecule has 0 bridgehead atoms. The van der Waals surface area contributed by atoms with Crippen molar-refractivity contribution in [1.29, 1.82) is 0 Å². The van der Waals surface area contributed by atoms with E-state index in [1.54, 1.807) is 0 Å². The summed E-state index contributed by atoms with van der Waals surface area (Å²) >= 11 is 6.00. The van der Waals surface area contributed by atoms with Crippen LogP contribution in [0.2, 0.25) is 5.02 Å². The van der Waals surface area contributed by atoms with Crippen LogP contribution in [0.3, 0.4) is 0 Å². The molecule has 0 radical (unpaired) electrons. The van der Waals surface area contributed by atoms with Gasteiger partial charge < -0.3 is 14.8 Å². The van der Waals surface area contributed by atoms with Crippen LogP contribution in [0.1, 0.15) is 40.9 Å². The van der Waals surface area contributed by atoms with Crippen LogP contribution in [0.4, 0.5) is 0 Å². The van der Waals surface area contributed by atoms with Crippen LogP contribution in [0, 0.1) is 0 Å². The fourth-order valence-electron chi connectivity index (χ4n) is 3.73. The van der Waals surface area contributed by atoms with Gasteiger partial charge in [0, 0.05) is 29.1 Å². The fourth-order valence-corrected chi connectivity index (χ4v) is 3.94. The Morgan fingerprint density at radius 2 is 1.84 bits per heavy atom. The molecule has 0 aromatic heterocycles. The normalized spacial score (nSPS) is 13.9. The molecule has 1 heterocycles. The first-order valence-corrected chi connectivity index (χ1v) is 10.8. The van der Waals surface area contributed by atoms with Gasteiger partial charge in [-0.2, -0.15) is 0 Å². The molecule has 0 fully saturated rings. The largest absolute Gasteiger partial charge is 0.485 e. The zero-order valence-electron chi connectivity index (χ0n) is 17.8. The van der Waals surface area contributed by atoms with E-state index in [4.69, 9.17) is 21.1 Å². The number of rotatable bonds is 7. The Labute approximate surface area is 188 Å². The Kier molecular flexibility index (Phi) is 6.19. The Bertz CT molecular complexity index is 1080. The summed E-state index contributed by atoms with van der Waals surface area (Å²) in [6, 6.07) is 21.2. The number of hydrogen-bond donors (Lipinski definition) is 1. The standard InChI is InChI=1S/C26H26ClNO3/c1-26(2)16-21-6-4-8-23(24(21)31-26)30-17-19-9-11-20(12-10-19)25(29)28-14-13-18-5-3-7-22(27)15-18/h3-12,15H,13-14,16-17H2,1-2H3,(H,28,29). The number of nitrogens with one attached hydrogen (secondary N) is 1. The van der Waals surface area contributed by atoms with Crippen molar-refractivity contribution < 1.29 is 14.3 Å². The second-order valence-corrected chi connectivity index (χ2v) is 8.84. The maximum absolute atomic E-state index is 12.4. The summed E-state index contributed by atoms with van der Waals surface area (Å²) in [5.74, 6) is 1.50. The van der Waals surface area contributed by atoms with E-state index in [1.807, 2.05) is 60.7 Å². The lowest BCUT2D eigenvalue weighted by Gasteiger charge is -2.18. The number of ether oxygens (including phenoxy) is 2. The third kappa shape index (κ3) is 5.39. The lowest BCUT2D eigenvalue weighted by Crippen LogP contribution is -2.25. The summed E-state index contributed by atoms with van der Waals surface area (Å²) in [5, 5.41) is 3.66. The van der Waals surface area contributed by atoms with Gasteiger partial charge >= 0.3 is 0 Å². The Morgan fingerprint density at radius 1 is 1.06 bits per heavy atom. The molecule has 1 N–H and O–H groups in total. The lowest BCUT2D eigenvalue weighted by atomic mass is 10.0. The molecule has 0 spiro atoms. The van der Waals surface area contributed by atoms with Gasteiger partial charge in [0.1, 0.15) is 12.2 Å². The quantitative estimate of drug-likeness (QED) is 0.525. The third-order valence-electron chi connectivity index (χ3n) is 5.25. The number of fused-ring (bicyclic) bond motifs is 1. The van der Waals surface area contributed by atoms with E-state index < -0.39 is 0 Å². The predicted molar refractivity (Wildman–Crippen MR) is 123 cm³/mol. The van der Waals surface area contributed by atoms with Crippen molar-refractivity contribution in [1.82, 2.24) is 5.32 Å². The smallest absolute Gasteiger partial charge is 0.251 e. The highest BCUT2D eigenvalue weighted by molar-refractivity contribution is 6.30. The van der Waals surface area contributed by atoms with Crippen LogP contribution in [0.15, 0.2) is 66.7 Å². The SMILES string of the molecule is CC1(C)Cc2cccc(OCc3ccc(C(=O)NCCc4cccc(Cl)c4)cc3)c2O1. The number of para-hydroxylation sites is 1. The summed E-state index contributed by atoms with van der Waals surface area (Å²) in [7, 11) is 0. The fraction of sp³-hybridized carbons (Fsp3) is 0.269. The zero-order valence-corrected chi connectivity index (χ0v) is 18.5. The number of hydrogen-bond acceptors (Lipinski definition) is 3. The van der Waals surface area contributed by atoms with Crippen LogP contribution in [0.5, 0.6) is 11.5 Å². The van der Waals surface area contributed by atoms with Gasteiger partial charge in [-0.1, -0.05) is 48.0 Å². The van der Waals surface area contributed by atoms with Crippen LogP contribution in [0.25, 0.3) is 0 Å². The minimum absolute atomic E-state index is 0.0917. The first-order valence-electron chi connectivity index (χ1n) is 10.4. The first-order chi connectivity index (χ1) is 14.9. The molecular formula is C26H26ClNO3. The van der Waals surface area contributed by atoms with Crippen molar-refractivity contribution in [3.05, 3.63) is 94.0 Å². The molecule has 31 heavy (non-hydrogen) atoms. The molecule has 0 saturated heterocycles. The number of carbonyl (C=O) groups excluding carboxylic acids is 1. The summed E-state index contributed by atoms with van der Waals surface area (Å²) in [6.07, 6.45) is 1.61. The zero-order chi connectivity index (χ0) is 21.8. The summed E-state index contributed by atoms with van der Waals surface area (Å²) in [6.45, 7) is 5.13. The van der Waals surface area contributed by atoms with Crippen LogP contribution in [-0.2, 0) is 19.4 Å². The molecule has 0 saturated carbocycles. The average molecular weight is 436 g/mol. The van der Waals surface area contributed by atoms with E-state index in [9.17, 15) is 4.79 Å². The molecule has 160 valence electrons. The highest BCUT2D eigenvalue weighted by Crippen LogP contribution is 2.41. The van der Waals surface area contributed by atoms with E-state index in [0.29, 0.717) is 23.7 Å². The van der Waals surface area contributed by atoms with Gasteiger partial charge in [-0.3, -0.25) is 4.79 Å². The van der Waals surface area contributed by atoms with Crippen molar-refractivity contribution in [3.8, 4) is 11.5 Å². The van der Waals surface area contributed by atoms with Gasteiger partial charge in [-0.25, -0.2) is 0 Å². The Balaban J connectivity index is 1.30. The van der Waals surface area contributed by atoms with Crippen molar-refractivity contribution in [2.75, 3.05) is 6.54 Å². The van der Waals surface area contributed by atoms with Crippen LogP contribution in [-0.4, -0.2) is 18.1 Å². The molecule has 0 atom stereocenters. The Hall–Kier alpha value is -2.98. The van der Waals surface area contributed by atoms with Crippen molar-refractivity contribution in [2.45, 2.75) is 38.9 Å². The van der Waals surface area contributed by atoms with E-state index in [0.717, 1.165) is 35.5 Å². The van der Waals surface area contributed by atoms with E-state index in [2.05, 4.69) is 25.2 Å². The van der Waals surface area contributed by atoms with Gasteiger partial charge in [0.25, 0.3) is 5.91 Å². The number of benzene rings is 3. The van der Waals surface area contributed by atoms with Crippen LogP contribution >= 0.6 is 11.6 Å². The third-order valence-corrected chi connectivity index (χ3v) is 5.49. The predicted octanol–water partition coefficient (Wildman–Crippen LogP) is 5.61. The summed E-state index contributed by atoms with van der Waals surface area (Å²) in [5.41, 5.74) is 3.68. The molecular weight excluding hydrogens is 410 g/mol. The molecule has 0 aliphatic carbocycles. The first kappa shape index (κ1) is 21.3. The molecule has 5 heteroatoms. The number of carbonyl (C=O) groups is 1. The molecule has 4 nitrogen and oxygen atoms in total. The maximum atomic E-state index is 12.4. The van der Waals surface area contributed by atoms with E-state index >= 15 is 0 Å². The number of amides is 1. The monoisotopic (exact) mass is 435 g/mol. The van der Waals surface area contributed by atoms with Gasteiger partial charge in [-0.05, 0) is 61.7 Å². The van der Waals surface area contributed by atoms with E-state index in [1.165, 1.54) is 5.56 Å². The minimum atomic E-state index is -0.205. The van der Waals surface area contributed by atoms with Gasteiger partial charge in [0.15, 0.2) is 11.5 Å². The van der Waals surface area contributed by atoms with E-state index in [-0.39, 0.29) is 11.5 Å². The van der Waals surface area contributed by atoms with Gasteiger partial charge in [-0.15, -0.1) is 0 Å². The average Bonchev–Trinajstić information content (AvgIpc) is 3.07. The summed E-state index contributed by atoms with van der Waals surface area (Å²) in [4.78, 5) is 12.4.